The Bertz CT molecular complexity index is 381. The van der Waals surface area contributed by atoms with Crippen molar-refractivity contribution in [3.05, 3.63) is 34.9 Å². The van der Waals surface area contributed by atoms with Crippen LogP contribution in [0.5, 0.6) is 0 Å². The molecule has 0 bridgehead atoms. The lowest BCUT2D eigenvalue weighted by atomic mass is 9.98. The Labute approximate surface area is 83.2 Å². The largest absolute Gasteiger partial charge is 0.381 e. The predicted molar refractivity (Wildman–Crippen MR) is 52.4 cm³/mol. The van der Waals surface area contributed by atoms with Gasteiger partial charge in [-0.05, 0) is 29.7 Å². The van der Waals surface area contributed by atoms with Crippen molar-refractivity contribution in [2.24, 2.45) is 0 Å². The molecule has 1 aromatic carbocycles. The first-order chi connectivity index (χ1) is 6.83. The van der Waals surface area contributed by atoms with Crippen LogP contribution in [-0.4, -0.2) is 23.3 Å². The third-order valence-corrected chi connectivity index (χ3v) is 2.63. The SMILES string of the molecule is N#Cc1ccc2c(c1)CCN(CO)C2. The number of aliphatic hydroxyl groups excluding tert-OH is 1. The van der Waals surface area contributed by atoms with Gasteiger partial charge in [-0.1, -0.05) is 6.07 Å². The van der Waals surface area contributed by atoms with Crippen LogP contribution < -0.4 is 0 Å². The van der Waals surface area contributed by atoms with E-state index in [1.165, 1.54) is 11.1 Å². The lowest BCUT2D eigenvalue weighted by Crippen LogP contribution is -2.31. The lowest BCUT2D eigenvalue weighted by Gasteiger charge is -2.26. The summed E-state index contributed by atoms with van der Waals surface area (Å²) in [6, 6.07) is 7.90. The Morgan fingerprint density at radius 2 is 2.29 bits per heavy atom. The predicted octanol–water partition coefficient (Wildman–Crippen LogP) is 0.866. The van der Waals surface area contributed by atoms with Crippen LogP contribution >= 0.6 is 0 Å². The number of hydrogen-bond acceptors (Lipinski definition) is 3. The van der Waals surface area contributed by atoms with Gasteiger partial charge in [0.1, 0.15) is 0 Å². The molecule has 0 aromatic heterocycles. The second-order valence-corrected chi connectivity index (χ2v) is 3.54. The smallest absolute Gasteiger partial charge is 0.0991 e. The van der Waals surface area contributed by atoms with Crippen molar-refractivity contribution < 1.29 is 5.11 Å². The highest BCUT2D eigenvalue weighted by molar-refractivity contribution is 5.39. The number of nitrogens with zero attached hydrogens (tertiary/aromatic N) is 2. The first kappa shape index (κ1) is 9.20. The van der Waals surface area contributed by atoms with Gasteiger partial charge < -0.3 is 5.11 Å². The standard InChI is InChI=1S/C11H12N2O/c12-6-9-1-2-11-7-13(8-14)4-3-10(11)5-9/h1-2,5,14H,3-4,7-8H2. The van der Waals surface area contributed by atoms with Crippen molar-refractivity contribution in [1.29, 1.82) is 5.26 Å². The van der Waals surface area contributed by atoms with Crippen molar-refractivity contribution in [3.8, 4) is 6.07 Å². The quantitative estimate of drug-likeness (QED) is 0.711. The summed E-state index contributed by atoms with van der Waals surface area (Å²) in [4.78, 5) is 1.98. The third-order valence-electron chi connectivity index (χ3n) is 2.63. The van der Waals surface area contributed by atoms with Gasteiger partial charge in [0, 0.05) is 13.1 Å². The zero-order chi connectivity index (χ0) is 9.97. The summed E-state index contributed by atoms with van der Waals surface area (Å²) >= 11 is 0. The Hall–Kier alpha value is -1.37. The van der Waals surface area contributed by atoms with Crippen LogP contribution in [0.4, 0.5) is 0 Å². The number of benzene rings is 1. The topological polar surface area (TPSA) is 47.3 Å². The molecule has 0 spiro atoms. The Kier molecular flexibility index (Phi) is 2.49. The van der Waals surface area contributed by atoms with E-state index in [9.17, 15) is 0 Å². The minimum absolute atomic E-state index is 0.111. The maximum absolute atomic E-state index is 8.99. The van der Waals surface area contributed by atoms with Crippen LogP contribution in [0.1, 0.15) is 16.7 Å². The molecule has 0 radical (unpaired) electrons. The summed E-state index contributed by atoms with van der Waals surface area (Å²) in [6.07, 6.45) is 0.922. The molecule has 1 heterocycles. The van der Waals surface area contributed by atoms with Crippen molar-refractivity contribution in [3.63, 3.8) is 0 Å². The molecule has 72 valence electrons. The van der Waals surface area contributed by atoms with Crippen molar-refractivity contribution >= 4 is 0 Å². The fraction of sp³-hybridized carbons (Fsp3) is 0.364. The van der Waals surface area contributed by atoms with Crippen molar-refractivity contribution in [2.75, 3.05) is 13.3 Å². The molecule has 0 unspecified atom stereocenters. The highest BCUT2D eigenvalue weighted by Gasteiger charge is 2.15. The zero-order valence-electron chi connectivity index (χ0n) is 7.90. The van der Waals surface area contributed by atoms with Crippen LogP contribution in [-0.2, 0) is 13.0 Å². The van der Waals surface area contributed by atoms with E-state index in [4.69, 9.17) is 10.4 Å². The first-order valence-electron chi connectivity index (χ1n) is 4.68. The van der Waals surface area contributed by atoms with Gasteiger partial charge in [0.15, 0.2) is 0 Å². The van der Waals surface area contributed by atoms with E-state index in [0.29, 0.717) is 0 Å². The summed E-state index contributed by atoms with van der Waals surface area (Å²) in [6.45, 7) is 1.77. The molecule has 3 heteroatoms. The van der Waals surface area contributed by atoms with Crippen LogP contribution in [0, 0.1) is 11.3 Å². The van der Waals surface area contributed by atoms with E-state index in [0.717, 1.165) is 25.1 Å². The lowest BCUT2D eigenvalue weighted by molar-refractivity contribution is 0.0958. The monoisotopic (exact) mass is 188 g/mol. The minimum Gasteiger partial charge on any atom is -0.381 e. The van der Waals surface area contributed by atoms with Crippen LogP contribution in [0.25, 0.3) is 0 Å². The van der Waals surface area contributed by atoms with E-state index < -0.39 is 0 Å². The molecule has 0 aliphatic carbocycles. The highest BCUT2D eigenvalue weighted by Crippen LogP contribution is 2.19. The van der Waals surface area contributed by atoms with Gasteiger partial charge in [-0.25, -0.2) is 0 Å². The molecule has 1 N–H and O–H groups in total. The van der Waals surface area contributed by atoms with Crippen LogP contribution in [0.2, 0.25) is 0 Å². The van der Waals surface area contributed by atoms with Crippen LogP contribution in [0.3, 0.4) is 0 Å². The maximum Gasteiger partial charge on any atom is 0.0991 e. The molecule has 2 rings (SSSR count). The fourth-order valence-electron chi connectivity index (χ4n) is 1.80. The van der Waals surface area contributed by atoms with E-state index in [1.807, 2.05) is 23.1 Å². The fourth-order valence-corrected chi connectivity index (χ4v) is 1.80. The number of fused-ring (bicyclic) bond motifs is 1. The zero-order valence-corrected chi connectivity index (χ0v) is 7.90. The molecular formula is C11H12N2O. The van der Waals surface area contributed by atoms with Gasteiger partial charge in [-0.15, -0.1) is 0 Å². The average molecular weight is 188 g/mol. The second-order valence-electron chi connectivity index (χ2n) is 3.54. The molecule has 1 aliphatic rings. The molecule has 0 atom stereocenters. The minimum atomic E-state index is 0.111. The van der Waals surface area contributed by atoms with Gasteiger partial charge in [0.05, 0.1) is 18.4 Å². The second kappa shape index (κ2) is 3.79. The van der Waals surface area contributed by atoms with Gasteiger partial charge in [0.2, 0.25) is 0 Å². The summed E-state index contributed by atoms with van der Waals surface area (Å²) in [5.74, 6) is 0. The summed E-state index contributed by atoms with van der Waals surface area (Å²) < 4.78 is 0. The van der Waals surface area contributed by atoms with Gasteiger partial charge in [-0.2, -0.15) is 5.26 Å². The maximum atomic E-state index is 8.99. The molecular weight excluding hydrogens is 176 g/mol. The molecule has 0 fully saturated rings. The van der Waals surface area contributed by atoms with Gasteiger partial charge in [-0.3, -0.25) is 4.90 Å². The third kappa shape index (κ3) is 1.63. The van der Waals surface area contributed by atoms with Crippen LogP contribution in [0.15, 0.2) is 18.2 Å². The first-order valence-corrected chi connectivity index (χ1v) is 4.68. The Balaban J connectivity index is 2.29. The molecule has 3 nitrogen and oxygen atoms in total. The summed E-state index contributed by atoms with van der Waals surface area (Å²) in [5, 5.41) is 17.7. The van der Waals surface area contributed by atoms with Gasteiger partial charge in [0.25, 0.3) is 0 Å². The molecule has 1 aromatic rings. The highest BCUT2D eigenvalue weighted by atomic mass is 16.3. The Morgan fingerprint density at radius 3 is 3.00 bits per heavy atom. The van der Waals surface area contributed by atoms with Gasteiger partial charge >= 0.3 is 0 Å². The van der Waals surface area contributed by atoms with E-state index in [-0.39, 0.29) is 6.73 Å². The summed E-state index contributed by atoms with van der Waals surface area (Å²) in [5.41, 5.74) is 3.19. The normalized spacial score (nSPS) is 16.0. The molecule has 1 aliphatic heterocycles. The Morgan fingerprint density at radius 1 is 1.43 bits per heavy atom. The number of rotatable bonds is 1. The molecule has 14 heavy (non-hydrogen) atoms. The molecule has 0 saturated heterocycles. The van der Waals surface area contributed by atoms with E-state index in [1.54, 1.807) is 0 Å². The molecule has 0 saturated carbocycles. The number of nitriles is 1. The number of aliphatic hydroxyl groups is 1. The average Bonchev–Trinajstić information content (AvgIpc) is 2.27. The number of hydrogen-bond donors (Lipinski definition) is 1. The summed E-state index contributed by atoms with van der Waals surface area (Å²) in [7, 11) is 0. The van der Waals surface area contributed by atoms with Crippen molar-refractivity contribution in [1.82, 2.24) is 4.90 Å². The molecule has 0 amide bonds. The van der Waals surface area contributed by atoms with E-state index in [2.05, 4.69) is 6.07 Å². The van der Waals surface area contributed by atoms with E-state index >= 15 is 0 Å². The van der Waals surface area contributed by atoms with Crippen molar-refractivity contribution in [2.45, 2.75) is 13.0 Å².